The monoisotopic (exact) mass is 534 g/mol. The lowest BCUT2D eigenvalue weighted by atomic mass is 10.1. The van der Waals surface area contributed by atoms with Crippen LogP contribution < -0.4 is 0 Å². The fourth-order valence-corrected chi connectivity index (χ4v) is 3.78. The van der Waals surface area contributed by atoms with Crippen molar-refractivity contribution in [3.63, 3.8) is 0 Å². The first kappa shape index (κ1) is 27.3. The molecule has 0 heterocycles. The van der Waals surface area contributed by atoms with E-state index in [2.05, 4.69) is 47.4 Å². The van der Waals surface area contributed by atoms with E-state index in [1.165, 1.54) is 0 Å². The molecule has 0 amide bonds. The molecule has 0 unspecified atom stereocenters. The van der Waals surface area contributed by atoms with Crippen LogP contribution >= 0.6 is 0 Å². The Morgan fingerprint density at radius 1 is 0.262 bits per heavy atom. The highest BCUT2D eigenvalue weighted by molar-refractivity contribution is 5.75. The Labute approximate surface area is 246 Å². The average Bonchev–Trinajstić information content (AvgIpc) is 3.06. The lowest BCUT2D eigenvalue weighted by Crippen LogP contribution is -1.82. The number of carbonyl (C=O) groups is 2. The zero-order valence-electron chi connectivity index (χ0n) is 22.5. The van der Waals surface area contributed by atoms with Crippen LogP contribution in [0.3, 0.4) is 0 Å². The normalized spacial score (nSPS) is 9.33. The maximum Gasteiger partial charge on any atom is 0.150 e. The predicted molar refractivity (Wildman–Crippen MR) is 167 cm³/mol. The van der Waals surface area contributed by atoms with E-state index in [-0.39, 0.29) is 0 Å². The number of hydrogen-bond acceptors (Lipinski definition) is 2. The van der Waals surface area contributed by atoms with Crippen molar-refractivity contribution in [3.05, 3.63) is 177 Å². The van der Waals surface area contributed by atoms with Gasteiger partial charge in [0.05, 0.1) is 0 Å². The SMILES string of the molecule is O=Cc1ccc(C#Cc2ccc(C#Cc3ccc(C#Cc4ccc(C#Cc5ccc(C=O)cc5)cc4)cc3)cc2)cc1. The van der Waals surface area contributed by atoms with Crippen LogP contribution in [0.5, 0.6) is 0 Å². The topological polar surface area (TPSA) is 34.1 Å². The minimum Gasteiger partial charge on any atom is -0.298 e. The van der Waals surface area contributed by atoms with Gasteiger partial charge in [-0.25, -0.2) is 0 Å². The van der Waals surface area contributed by atoms with Crippen LogP contribution in [0.25, 0.3) is 0 Å². The number of rotatable bonds is 2. The second kappa shape index (κ2) is 13.7. The number of aldehydes is 2. The van der Waals surface area contributed by atoms with Crippen molar-refractivity contribution in [3.8, 4) is 47.4 Å². The molecule has 42 heavy (non-hydrogen) atoms. The molecule has 2 heteroatoms. The molecule has 0 aliphatic heterocycles. The molecule has 2 nitrogen and oxygen atoms in total. The van der Waals surface area contributed by atoms with Gasteiger partial charge in [0.25, 0.3) is 0 Å². The highest BCUT2D eigenvalue weighted by atomic mass is 16.1. The van der Waals surface area contributed by atoms with Crippen LogP contribution in [0, 0.1) is 47.4 Å². The van der Waals surface area contributed by atoms with E-state index in [0.717, 1.165) is 57.1 Å². The van der Waals surface area contributed by atoms with Gasteiger partial charge in [0.1, 0.15) is 12.6 Å². The van der Waals surface area contributed by atoms with Gasteiger partial charge >= 0.3 is 0 Å². The van der Waals surface area contributed by atoms with E-state index in [1.54, 1.807) is 24.3 Å². The predicted octanol–water partition coefficient (Wildman–Crippen LogP) is 6.91. The van der Waals surface area contributed by atoms with E-state index in [1.807, 2.05) is 97.1 Å². The van der Waals surface area contributed by atoms with Crippen molar-refractivity contribution in [2.75, 3.05) is 0 Å². The summed E-state index contributed by atoms with van der Waals surface area (Å²) in [6.45, 7) is 0. The maximum atomic E-state index is 10.8. The summed E-state index contributed by atoms with van der Waals surface area (Å²) in [6, 6.07) is 37.8. The Morgan fingerprint density at radius 2 is 0.405 bits per heavy atom. The maximum absolute atomic E-state index is 10.8. The third-order valence-corrected chi connectivity index (χ3v) is 6.15. The molecule has 5 aromatic rings. The third-order valence-electron chi connectivity index (χ3n) is 6.15. The molecule has 0 N–H and O–H groups in total. The highest BCUT2D eigenvalue weighted by Gasteiger charge is 1.94. The van der Waals surface area contributed by atoms with Crippen molar-refractivity contribution in [2.24, 2.45) is 0 Å². The minimum atomic E-state index is 0.636. The molecule has 0 aliphatic rings. The van der Waals surface area contributed by atoms with Gasteiger partial charge in [-0.3, -0.25) is 9.59 Å². The Bertz CT molecular complexity index is 1820. The molecular formula is C40H22O2. The number of carbonyl (C=O) groups excluding carboxylic acids is 2. The van der Waals surface area contributed by atoms with Crippen LogP contribution in [0.1, 0.15) is 65.2 Å². The molecule has 0 saturated carbocycles. The molecule has 5 aromatic carbocycles. The molecule has 0 radical (unpaired) electrons. The molecule has 0 aromatic heterocycles. The summed E-state index contributed by atoms with van der Waals surface area (Å²) >= 11 is 0. The highest BCUT2D eigenvalue weighted by Crippen LogP contribution is 2.08. The number of hydrogen-bond donors (Lipinski definition) is 0. The van der Waals surface area contributed by atoms with E-state index in [9.17, 15) is 9.59 Å². The van der Waals surface area contributed by atoms with Crippen molar-refractivity contribution >= 4 is 12.6 Å². The van der Waals surface area contributed by atoms with Crippen LogP contribution in [0.4, 0.5) is 0 Å². The molecule has 0 spiro atoms. The van der Waals surface area contributed by atoms with Crippen LogP contribution in [0.15, 0.2) is 121 Å². The fourth-order valence-electron chi connectivity index (χ4n) is 3.78. The van der Waals surface area contributed by atoms with Crippen LogP contribution in [0.2, 0.25) is 0 Å². The molecule has 0 atom stereocenters. The van der Waals surface area contributed by atoms with Gasteiger partial charge < -0.3 is 0 Å². The first-order chi connectivity index (χ1) is 20.7. The summed E-state index contributed by atoms with van der Waals surface area (Å²) in [7, 11) is 0. The van der Waals surface area contributed by atoms with Gasteiger partial charge in [0, 0.05) is 55.6 Å². The summed E-state index contributed by atoms with van der Waals surface area (Å²) in [5.41, 5.74) is 8.41. The van der Waals surface area contributed by atoms with Gasteiger partial charge in [-0.05, 0) is 97.1 Å². The summed E-state index contributed by atoms with van der Waals surface area (Å²) in [4.78, 5) is 21.5. The summed E-state index contributed by atoms with van der Waals surface area (Å²) in [5, 5.41) is 0. The molecule has 194 valence electrons. The average molecular weight is 535 g/mol. The minimum absolute atomic E-state index is 0.636. The quantitative estimate of drug-likeness (QED) is 0.182. The molecule has 0 aliphatic carbocycles. The van der Waals surface area contributed by atoms with Gasteiger partial charge in [0.15, 0.2) is 0 Å². The third kappa shape index (κ3) is 7.85. The molecular weight excluding hydrogens is 512 g/mol. The fraction of sp³-hybridized carbons (Fsp3) is 0. The van der Waals surface area contributed by atoms with Crippen LogP contribution in [-0.4, -0.2) is 12.6 Å². The Morgan fingerprint density at radius 3 is 0.548 bits per heavy atom. The van der Waals surface area contributed by atoms with Gasteiger partial charge in [0.2, 0.25) is 0 Å². The van der Waals surface area contributed by atoms with Gasteiger partial charge in [-0.15, -0.1) is 0 Å². The largest absolute Gasteiger partial charge is 0.298 e. The second-order valence-corrected chi connectivity index (χ2v) is 9.21. The van der Waals surface area contributed by atoms with Gasteiger partial charge in [-0.2, -0.15) is 0 Å². The smallest absolute Gasteiger partial charge is 0.150 e. The second-order valence-electron chi connectivity index (χ2n) is 9.21. The Kier molecular flexibility index (Phi) is 8.86. The van der Waals surface area contributed by atoms with Crippen molar-refractivity contribution in [2.45, 2.75) is 0 Å². The standard InChI is InChI=1S/C40H22O2/c41-29-39-25-21-37(22-26-39)19-17-35-13-9-33(10-14-35)7-5-31-1-2-32(4-3-31)6-8-34-11-15-36(16-12-34)18-20-38-23-27-40(30-42)28-24-38/h1-4,9-16,21-30H. The zero-order valence-corrected chi connectivity index (χ0v) is 22.5. The lowest BCUT2D eigenvalue weighted by molar-refractivity contribution is 0.111. The van der Waals surface area contributed by atoms with Crippen LogP contribution in [-0.2, 0) is 0 Å². The Balaban J connectivity index is 1.17. The summed E-state index contributed by atoms with van der Waals surface area (Å²) in [5.74, 6) is 25.2. The van der Waals surface area contributed by atoms with Crippen molar-refractivity contribution in [1.29, 1.82) is 0 Å². The van der Waals surface area contributed by atoms with Crippen molar-refractivity contribution in [1.82, 2.24) is 0 Å². The summed E-state index contributed by atoms with van der Waals surface area (Å²) in [6.07, 6.45) is 1.64. The molecule has 0 bridgehead atoms. The first-order valence-corrected chi connectivity index (χ1v) is 13.2. The first-order valence-electron chi connectivity index (χ1n) is 13.2. The molecule has 5 rings (SSSR count). The van der Waals surface area contributed by atoms with Gasteiger partial charge in [-0.1, -0.05) is 71.6 Å². The van der Waals surface area contributed by atoms with E-state index in [0.29, 0.717) is 11.1 Å². The lowest BCUT2D eigenvalue weighted by Gasteiger charge is -1.95. The van der Waals surface area contributed by atoms with Crippen molar-refractivity contribution < 1.29 is 9.59 Å². The van der Waals surface area contributed by atoms with E-state index in [4.69, 9.17) is 0 Å². The number of benzene rings is 5. The molecule has 0 saturated heterocycles. The Hall–Kier alpha value is -6.32. The van der Waals surface area contributed by atoms with E-state index < -0.39 is 0 Å². The van der Waals surface area contributed by atoms with E-state index >= 15 is 0 Å². The summed E-state index contributed by atoms with van der Waals surface area (Å²) < 4.78 is 0. The zero-order chi connectivity index (χ0) is 29.0. The molecule has 0 fully saturated rings.